The van der Waals surface area contributed by atoms with E-state index in [1.807, 2.05) is 24.3 Å². The Labute approximate surface area is 143 Å². The quantitative estimate of drug-likeness (QED) is 0.886. The summed E-state index contributed by atoms with van der Waals surface area (Å²) in [6, 6.07) is 12.1. The van der Waals surface area contributed by atoms with Crippen LogP contribution < -0.4 is 15.0 Å². The standard InChI is InChI=1S/C17H15ClF2N2O2/c18-13-9-12(5-6-15(13)24-17(19)20)21-10-16(23)22-8-7-11-3-1-2-4-14(11)22/h1-6,9,17,21H,7-8,10H2. The molecule has 2 aromatic rings. The number of para-hydroxylation sites is 1. The van der Waals surface area contributed by atoms with Crippen LogP contribution in [0.4, 0.5) is 20.2 Å². The SMILES string of the molecule is O=C(CNc1ccc(OC(F)F)c(Cl)c1)N1CCc2ccccc21. The van der Waals surface area contributed by atoms with E-state index in [9.17, 15) is 13.6 Å². The Morgan fingerprint density at radius 2 is 2.08 bits per heavy atom. The van der Waals surface area contributed by atoms with Crippen LogP contribution in [0, 0.1) is 0 Å². The van der Waals surface area contributed by atoms with Crippen molar-refractivity contribution in [2.75, 3.05) is 23.3 Å². The molecule has 1 aliphatic rings. The maximum Gasteiger partial charge on any atom is 0.387 e. The molecule has 0 bridgehead atoms. The third-order valence-electron chi connectivity index (χ3n) is 3.78. The van der Waals surface area contributed by atoms with Gasteiger partial charge < -0.3 is 15.0 Å². The van der Waals surface area contributed by atoms with Gasteiger partial charge in [0.1, 0.15) is 5.75 Å². The molecule has 1 N–H and O–H groups in total. The van der Waals surface area contributed by atoms with Crippen LogP contribution in [0.2, 0.25) is 5.02 Å². The van der Waals surface area contributed by atoms with E-state index < -0.39 is 6.61 Å². The molecule has 1 aliphatic heterocycles. The number of hydrogen-bond acceptors (Lipinski definition) is 3. The molecule has 0 aromatic heterocycles. The number of amides is 1. The lowest BCUT2D eigenvalue weighted by Gasteiger charge is -2.18. The monoisotopic (exact) mass is 352 g/mol. The van der Waals surface area contributed by atoms with Crippen molar-refractivity contribution in [3.63, 3.8) is 0 Å². The molecule has 0 saturated carbocycles. The minimum Gasteiger partial charge on any atom is -0.433 e. The molecule has 1 heterocycles. The fraction of sp³-hybridized carbons (Fsp3) is 0.235. The number of carbonyl (C=O) groups is 1. The molecule has 24 heavy (non-hydrogen) atoms. The van der Waals surface area contributed by atoms with E-state index in [0.29, 0.717) is 12.2 Å². The van der Waals surface area contributed by atoms with Crippen molar-refractivity contribution in [1.82, 2.24) is 0 Å². The maximum atomic E-state index is 12.4. The van der Waals surface area contributed by atoms with Gasteiger partial charge >= 0.3 is 6.61 Å². The highest BCUT2D eigenvalue weighted by Crippen LogP contribution is 2.30. The summed E-state index contributed by atoms with van der Waals surface area (Å²) in [4.78, 5) is 14.1. The highest BCUT2D eigenvalue weighted by molar-refractivity contribution is 6.32. The first kappa shape index (κ1) is 16.5. The summed E-state index contributed by atoms with van der Waals surface area (Å²) in [7, 11) is 0. The second kappa shape index (κ2) is 7.05. The number of alkyl halides is 2. The second-order valence-corrected chi connectivity index (χ2v) is 5.71. The van der Waals surface area contributed by atoms with Gasteiger partial charge in [-0.1, -0.05) is 29.8 Å². The molecule has 0 unspecified atom stereocenters. The van der Waals surface area contributed by atoms with Crippen LogP contribution in [0.1, 0.15) is 5.56 Å². The van der Waals surface area contributed by atoms with Crippen LogP contribution >= 0.6 is 11.6 Å². The highest BCUT2D eigenvalue weighted by atomic mass is 35.5. The Hall–Kier alpha value is -2.34. The Kier molecular flexibility index (Phi) is 4.85. The first-order valence-corrected chi connectivity index (χ1v) is 7.79. The fourth-order valence-corrected chi connectivity index (χ4v) is 2.90. The Bertz CT molecular complexity index is 755. The van der Waals surface area contributed by atoms with Gasteiger partial charge in [0.25, 0.3) is 0 Å². The van der Waals surface area contributed by atoms with Crippen molar-refractivity contribution in [2.45, 2.75) is 13.0 Å². The molecular weight excluding hydrogens is 338 g/mol. The topological polar surface area (TPSA) is 41.6 Å². The minimum atomic E-state index is -2.93. The number of benzene rings is 2. The summed E-state index contributed by atoms with van der Waals surface area (Å²) in [5.74, 6) is -0.166. The number of hydrogen-bond donors (Lipinski definition) is 1. The van der Waals surface area contributed by atoms with E-state index in [2.05, 4.69) is 10.1 Å². The summed E-state index contributed by atoms with van der Waals surface area (Å²) in [6.45, 7) is -2.19. The summed E-state index contributed by atoms with van der Waals surface area (Å²) in [5, 5.41) is 3.01. The van der Waals surface area contributed by atoms with Crippen LogP contribution in [0.3, 0.4) is 0 Å². The molecule has 3 rings (SSSR count). The molecule has 7 heteroatoms. The van der Waals surface area contributed by atoms with E-state index >= 15 is 0 Å². The van der Waals surface area contributed by atoms with Gasteiger partial charge in [0.15, 0.2) is 0 Å². The smallest absolute Gasteiger partial charge is 0.387 e. The minimum absolute atomic E-state index is 0.0549. The summed E-state index contributed by atoms with van der Waals surface area (Å²) >= 11 is 5.89. The average molecular weight is 353 g/mol. The van der Waals surface area contributed by atoms with E-state index in [1.54, 1.807) is 4.90 Å². The number of ether oxygens (including phenoxy) is 1. The molecule has 2 aromatic carbocycles. The van der Waals surface area contributed by atoms with Gasteiger partial charge in [0.05, 0.1) is 11.6 Å². The fourth-order valence-electron chi connectivity index (χ4n) is 2.67. The lowest BCUT2D eigenvalue weighted by atomic mass is 10.2. The Balaban J connectivity index is 1.62. The van der Waals surface area contributed by atoms with Crippen molar-refractivity contribution in [3.8, 4) is 5.75 Å². The van der Waals surface area contributed by atoms with Gasteiger partial charge in [0, 0.05) is 17.9 Å². The van der Waals surface area contributed by atoms with Gasteiger partial charge in [-0.3, -0.25) is 4.79 Å². The number of nitrogens with one attached hydrogen (secondary N) is 1. The van der Waals surface area contributed by atoms with Crippen molar-refractivity contribution in [2.24, 2.45) is 0 Å². The third kappa shape index (κ3) is 3.59. The molecule has 126 valence electrons. The lowest BCUT2D eigenvalue weighted by molar-refractivity contribution is -0.116. The van der Waals surface area contributed by atoms with Gasteiger partial charge in [-0.25, -0.2) is 0 Å². The molecule has 1 amide bonds. The average Bonchev–Trinajstić information content (AvgIpc) is 2.98. The number of carbonyl (C=O) groups excluding carboxylic acids is 1. The first-order chi connectivity index (χ1) is 11.5. The highest BCUT2D eigenvalue weighted by Gasteiger charge is 2.23. The summed E-state index contributed by atoms with van der Waals surface area (Å²) in [5.41, 5.74) is 2.65. The van der Waals surface area contributed by atoms with E-state index in [4.69, 9.17) is 11.6 Å². The van der Waals surface area contributed by atoms with Gasteiger partial charge in [-0.05, 0) is 36.2 Å². The molecule has 0 atom stereocenters. The summed E-state index contributed by atoms with van der Waals surface area (Å²) in [6.07, 6.45) is 0.841. The van der Waals surface area contributed by atoms with Gasteiger partial charge in [-0.15, -0.1) is 0 Å². The van der Waals surface area contributed by atoms with E-state index in [0.717, 1.165) is 17.7 Å². The number of halogens is 3. The molecule has 0 spiro atoms. The predicted molar refractivity (Wildman–Crippen MR) is 89.1 cm³/mol. The van der Waals surface area contributed by atoms with Gasteiger partial charge in [-0.2, -0.15) is 8.78 Å². The first-order valence-electron chi connectivity index (χ1n) is 7.41. The van der Waals surface area contributed by atoms with Crippen molar-refractivity contribution < 1.29 is 18.3 Å². The Morgan fingerprint density at radius 3 is 2.83 bits per heavy atom. The third-order valence-corrected chi connectivity index (χ3v) is 4.08. The van der Waals surface area contributed by atoms with E-state index in [-0.39, 0.29) is 23.2 Å². The van der Waals surface area contributed by atoms with Crippen LogP contribution in [-0.4, -0.2) is 25.6 Å². The zero-order valence-electron chi connectivity index (χ0n) is 12.6. The van der Waals surface area contributed by atoms with Crippen LogP contribution in [0.5, 0.6) is 5.75 Å². The zero-order valence-corrected chi connectivity index (χ0v) is 13.4. The number of fused-ring (bicyclic) bond motifs is 1. The van der Waals surface area contributed by atoms with Crippen LogP contribution in [0.15, 0.2) is 42.5 Å². The largest absolute Gasteiger partial charge is 0.433 e. The lowest BCUT2D eigenvalue weighted by Crippen LogP contribution is -2.34. The van der Waals surface area contributed by atoms with Crippen molar-refractivity contribution in [3.05, 3.63) is 53.1 Å². The van der Waals surface area contributed by atoms with Crippen LogP contribution in [-0.2, 0) is 11.2 Å². The summed E-state index contributed by atoms with van der Waals surface area (Å²) < 4.78 is 28.7. The van der Waals surface area contributed by atoms with Crippen LogP contribution in [0.25, 0.3) is 0 Å². The predicted octanol–water partition coefficient (Wildman–Crippen LogP) is 3.94. The molecule has 0 fully saturated rings. The molecular formula is C17H15ClF2N2O2. The number of rotatable bonds is 5. The normalized spacial score (nSPS) is 13.1. The van der Waals surface area contributed by atoms with Crippen molar-refractivity contribution >= 4 is 28.9 Å². The van der Waals surface area contributed by atoms with Crippen molar-refractivity contribution in [1.29, 1.82) is 0 Å². The second-order valence-electron chi connectivity index (χ2n) is 5.30. The number of anilines is 2. The molecule has 0 aliphatic carbocycles. The molecule has 0 radical (unpaired) electrons. The maximum absolute atomic E-state index is 12.4. The molecule has 4 nitrogen and oxygen atoms in total. The number of nitrogens with zero attached hydrogens (tertiary/aromatic N) is 1. The van der Waals surface area contributed by atoms with E-state index in [1.165, 1.54) is 18.2 Å². The Morgan fingerprint density at radius 1 is 1.29 bits per heavy atom. The molecule has 0 saturated heterocycles. The zero-order chi connectivity index (χ0) is 17.1. The van der Waals surface area contributed by atoms with Gasteiger partial charge in [0.2, 0.25) is 5.91 Å².